The molecule has 0 N–H and O–H groups in total. The summed E-state index contributed by atoms with van der Waals surface area (Å²) in [6.45, 7) is 3.43. The van der Waals surface area contributed by atoms with Gasteiger partial charge in [0.1, 0.15) is 5.82 Å². The second kappa shape index (κ2) is 7.23. The topological polar surface area (TPSA) is 60.1 Å². The summed E-state index contributed by atoms with van der Waals surface area (Å²) in [5.74, 6) is 0.764. The molecule has 0 saturated carbocycles. The van der Waals surface area contributed by atoms with Crippen LogP contribution in [0.3, 0.4) is 0 Å². The highest BCUT2D eigenvalue weighted by Crippen LogP contribution is 2.41. The molecule has 2 aliphatic heterocycles. The predicted octanol–water partition coefficient (Wildman–Crippen LogP) is 2.72. The Kier molecular flexibility index (Phi) is 4.69. The van der Waals surface area contributed by atoms with Crippen molar-refractivity contribution < 1.29 is 0 Å². The lowest BCUT2D eigenvalue weighted by atomic mass is 9.85. The number of benzene rings is 1. The number of hydrogen-bond donors (Lipinski definition) is 0. The van der Waals surface area contributed by atoms with Gasteiger partial charge in [-0.1, -0.05) is 35.9 Å². The molecule has 150 valence electrons. The molecule has 0 unspecified atom stereocenters. The lowest BCUT2D eigenvalue weighted by molar-refractivity contribution is 0.298. The molecular weight excluding hydrogens is 408 g/mol. The lowest BCUT2D eigenvalue weighted by Gasteiger charge is -2.24. The van der Waals surface area contributed by atoms with Crippen molar-refractivity contribution in [3.63, 3.8) is 0 Å². The quantitative estimate of drug-likeness (QED) is 0.599. The van der Waals surface area contributed by atoms with Gasteiger partial charge in [-0.3, -0.25) is 19.1 Å². The number of rotatable bonds is 4. The highest BCUT2D eigenvalue weighted by Gasteiger charge is 2.47. The van der Waals surface area contributed by atoms with Gasteiger partial charge in [0.05, 0.1) is 6.54 Å². The van der Waals surface area contributed by atoms with Crippen molar-refractivity contribution in [2.75, 3.05) is 13.1 Å². The van der Waals surface area contributed by atoms with Gasteiger partial charge in [-0.25, -0.2) is 4.68 Å². The molecule has 1 aromatic carbocycles. The first-order valence-electron chi connectivity index (χ1n) is 9.76. The van der Waals surface area contributed by atoms with E-state index in [0.29, 0.717) is 13.1 Å². The van der Waals surface area contributed by atoms with Crippen LogP contribution in [0.5, 0.6) is 0 Å². The SMILES string of the molecule is O=c1c(=O)n2c(nn1Cc1cccs1)[C@@]1(CCN(Cc3ccccc3Cl)C1)CC2. The van der Waals surface area contributed by atoms with Gasteiger partial charge < -0.3 is 0 Å². The summed E-state index contributed by atoms with van der Waals surface area (Å²) in [6, 6.07) is 11.8. The summed E-state index contributed by atoms with van der Waals surface area (Å²) < 4.78 is 2.95. The van der Waals surface area contributed by atoms with Crippen LogP contribution < -0.4 is 11.1 Å². The zero-order valence-electron chi connectivity index (χ0n) is 15.9. The number of halogens is 1. The molecule has 1 atom stereocenters. The van der Waals surface area contributed by atoms with Crippen LogP contribution in [-0.2, 0) is 25.0 Å². The van der Waals surface area contributed by atoms with E-state index < -0.39 is 11.1 Å². The van der Waals surface area contributed by atoms with Crippen LogP contribution >= 0.6 is 22.9 Å². The predicted molar refractivity (Wildman–Crippen MR) is 114 cm³/mol. The van der Waals surface area contributed by atoms with Gasteiger partial charge in [0, 0.05) is 34.9 Å². The van der Waals surface area contributed by atoms with Gasteiger partial charge in [-0.05, 0) is 42.5 Å². The smallest absolute Gasteiger partial charge is 0.298 e. The van der Waals surface area contributed by atoms with E-state index in [9.17, 15) is 9.59 Å². The molecule has 1 fully saturated rings. The van der Waals surface area contributed by atoms with Gasteiger partial charge >= 0.3 is 11.1 Å². The summed E-state index contributed by atoms with van der Waals surface area (Å²) in [6.07, 6.45) is 1.78. The first-order valence-corrected chi connectivity index (χ1v) is 11.0. The van der Waals surface area contributed by atoms with Crippen molar-refractivity contribution >= 4 is 22.9 Å². The molecule has 29 heavy (non-hydrogen) atoms. The van der Waals surface area contributed by atoms with Crippen LogP contribution in [0.25, 0.3) is 0 Å². The lowest BCUT2D eigenvalue weighted by Crippen LogP contribution is -2.45. The number of likely N-dealkylation sites (tertiary alicyclic amines) is 1. The maximum atomic E-state index is 12.7. The zero-order chi connectivity index (χ0) is 20.0. The van der Waals surface area contributed by atoms with E-state index in [0.717, 1.165) is 53.8 Å². The van der Waals surface area contributed by atoms with E-state index in [1.54, 1.807) is 15.9 Å². The second-order valence-electron chi connectivity index (χ2n) is 7.90. The van der Waals surface area contributed by atoms with Crippen molar-refractivity contribution in [2.45, 2.75) is 37.9 Å². The molecule has 0 amide bonds. The Hall–Kier alpha value is -2.22. The molecule has 2 aromatic heterocycles. The molecule has 5 rings (SSSR count). The summed E-state index contributed by atoms with van der Waals surface area (Å²) in [5.41, 5.74) is -0.0546. The normalized spacial score (nSPS) is 21.1. The Labute approximate surface area is 177 Å². The van der Waals surface area contributed by atoms with Crippen molar-refractivity contribution in [3.8, 4) is 0 Å². The summed E-state index contributed by atoms with van der Waals surface area (Å²) in [7, 11) is 0. The standard InChI is InChI=1S/C21H21ClN4O2S/c22-17-6-2-1-4-15(17)12-24-9-7-21(14-24)8-10-25-18(27)19(28)26(23-20(21)25)13-16-5-3-11-29-16/h1-6,11H,7-10,12-14H2/t21-/m0/s1. The molecule has 0 radical (unpaired) electrons. The molecule has 1 saturated heterocycles. The zero-order valence-corrected chi connectivity index (χ0v) is 17.5. The number of nitrogens with zero attached hydrogens (tertiary/aromatic N) is 4. The van der Waals surface area contributed by atoms with E-state index in [2.05, 4.69) is 11.0 Å². The van der Waals surface area contributed by atoms with Crippen LogP contribution in [0.4, 0.5) is 0 Å². The first kappa shape index (κ1) is 18.8. The molecule has 4 heterocycles. The third-order valence-electron chi connectivity index (χ3n) is 6.09. The van der Waals surface area contributed by atoms with Gasteiger partial charge in [-0.15, -0.1) is 11.3 Å². The highest BCUT2D eigenvalue weighted by atomic mass is 35.5. The van der Waals surface area contributed by atoms with Crippen molar-refractivity contribution in [3.05, 3.63) is 83.8 Å². The number of thiophene rings is 1. The van der Waals surface area contributed by atoms with E-state index in [1.165, 1.54) is 4.68 Å². The van der Waals surface area contributed by atoms with Gasteiger partial charge in [0.25, 0.3) is 0 Å². The van der Waals surface area contributed by atoms with Crippen LogP contribution in [0.1, 0.15) is 29.1 Å². The van der Waals surface area contributed by atoms with Crippen LogP contribution in [0, 0.1) is 0 Å². The Balaban J connectivity index is 1.46. The fourth-order valence-corrected chi connectivity index (χ4v) is 5.46. The minimum Gasteiger partial charge on any atom is -0.298 e. The monoisotopic (exact) mass is 428 g/mol. The Morgan fingerprint density at radius 3 is 2.66 bits per heavy atom. The molecular formula is C21H21ClN4O2S. The molecule has 1 spiro atoms. The van der Waals surface area contributed by atoms with Gasteiger partial charge in [0.15, 0.2) is 0 Å². The van der Waals surface area contributed by atoms with Gasteiger partial charge in [-0.2, -0.15) is 5.10 Å². The van der Waals surface area contributed by atoms with Gasteiger partial charge in [0.2, 0.25) is 0 Å². The summed E-state index contributed by atoms with van der Waals surface area (Å²) in [5, 5.41) is 7.45. The minimum absolute atomic E-state index is 0.175. The van der Waals surface area contributed by atoms with Crippen molar-refractivity contribution in [1.82, 2.24) is 19.2 Å². The average molecular weight is 429 g/mol. The number of fused-ring (bicyclic) bond motifs is 2. The Morgan fingerprint density at radius 1 is 1.03 bits per heavy atom. The first-order chi connectivity index (χ1) is 14.1. The second-order valence-corrected chi connectivity index (χ2v) is 9.34. The maximum Gasteiger partial charge on any atom is 0.332 e. The third kappa shape index (κ3) is 3.27. The van der Waals surface area contributed by atoms with Crippen LogP contribution in [0.15, 0.2) is 51.4 Å². The summed E-state index contributed by atoms with van der Waals surface area (Å²) >= 11 is 7.90. The van der Waals surface area contributed by atoms with Crippen molar-refractivity contribution in [2.24, 2.45) is 0 Å². The molecule has 6 nitrogen and oxygen atoms in total. The Morgan fingerprint density at radius 2 is 1.86 bits per heavy atom. The number of hydrogen-bond acceptors (Lipinski definition) is 5. The maximum absolute atomic E-state index is 12.7. The minimum atomic E-state index is -0.537. The molecule has 8 heteroatoms. The van der Waals surface area contributed by atoms with Crippen LogP contribution in [-0.4, -0.2) is 32.3 Å². The fourth-order valence-electron chi connectivity index (χ4n) is 4.58. The molecule has 0 bridgehead atoms. The Bertz CT molecular complexity index is 1170. The number of aromatic nitrogens is 3. The third-order valence-corrected chi connectivity index (χ3v) is 7.32. The fraction of sp³-hybridized carbons (Fsp3) is 0.381. The van der Waals surface area contributed by atoms with E-state index >= 15 is 0 Å². The molecule has 3 aromatic rings. The largest absolute Gasteiger partial charge is 0.332 e. The van der Waals surface area contributed by atoms with Crippen LogP contribution in [0.2, 0.25) is 5.02 Å². The van der Waals surface area contributed by atoms with E-state index in [-0.39, 0.29) is 5.41 Å². The molecule has 0 aliphatic carbocycles. The average Bonchev–Trinajstić information content (AvgIpc) is 3.44. The molecule has 2 aliphatic rings. The van der Waals surface area contributed by atoms with E-state index in [1.807, 2.05) is 35.7 Å². The van der Waals surface area contributed by atoms with Crippen molar-refractivity contribution in [1.29, 1.82) is 0 Å². The summed E-state index contributed by atoms with van der Waals surface area (Å²) in [4.78, 5) is 28.7. The highest BCUT2D eigenvalue weighted by molar-refractivity contribution is 7.09. The van der Waals surface area contributed by atoms with E-state index in [4.69, 9.17) is 16.7 Å².